The van der Waals surface area contributed by atoms with Crippen LogP contribution in [0, 0.1) is 18.3 Å². The first kappa shape index (κ1) is 21.3. The van der Waals surface area contributed by atoms with Crippen LogP contribution in [0.1, 0.15) is 11.1 Å². The van der Waals surface area contributed by atoms with Gasteiger partial charge in [-0.15, -0.1) is 10.2 Å². The van der Waals surface area contributed by atoms with Gasteiger partial charge in [-0.2, -0.15) is 25.0 Å². The van der Waals surface area contributed by atoms with Gasteiger partial charge in [0.2, 0.25) is 5.95 Å². The molecular weight excluding hydrogens is 420 g/mol. The van der Waals surface area contributed by atoms with E-state index in [2.05, 4.69) is 57.3 Å². The van der Waals surface area contributed by atoms with E-state index in [0.717, 1.165) is 11.3 Å². The second kappa shape index (κ2) is 9.48. The molecule has 0 radical (unpaired) electrons. The molecule has 0 fully saturated rings. The molecule has 0 aliphatic rings. The monoisotopic (exact) mass is 440 g/mol. The molecule has 12 heteroatoms. The molecule has 164 valence electrons. The van der Waals surface area contributed by atoms with Gasteiger partial charge in [-0.1, -0.05) is 17.7 Å². The maximum atomic E-state index is 9.47. The zero-order valence-corrected chi connectivity index (χ0v) is 18.1. The molecule has 0 spiro atoms. The lowest BCUT2D eigenvalue weighted by Gasteiger charge is -2.12. The molecule has 1 aromatic carbocycles. The minimum absolute atomic E-state index is 0.190. The van der Waals surface area contributed by atoms with Gasteiger partial charge in [0, 0.05) is 32.2 Å². The molecule has 0 saturated heterocycles. The van der Waals surface area contributed by atoms with E-state index in [1.807, 2.05) is 31.2 Å². The van der Waals surface area contributed by atoms with Crippen molar-refractivity contribution in [3.8, 4) is 12.0 Å². The van der Waals surface area contributed by atoms with Gasteiger partial charge in [-0.05, 0) is 25.1 Å². The summed E-state index contributed by atoms with van der Waals surface area (Å²) < 4.78 is 1.34. The molecule has 0 aliphatic carbocycles. The molecule has 3 heterocycles. The average molecular weight is 440 g/mol. The van der Waals surface area contributed by atoms with Gasteiger partial charge in [0.05, 0.1) is 6.20 Å². The predicted octanol–water partition coefficient (Wildman–Crippen LogP) is 3.87. The molecular formula is C21H20N12. The molecule has 0 saturated carbocycles. The predicted molar refractivity (Wildman–Crippen MR) is 124 cm³/mol. The highest BCUT2D eigenvalue weighted by molar-refractivity contribution is 5.76. The van der Waals surface area contributed by atoms with Gasteiger partial charge in [-0.3, -0.25) is 0 Å². The molecule has 3 N–H and O–H groups in total. The largest absolute Gasteiger partial charge is 0.371 e. The average Bonchev–Trinajstić information content (AvgIpc) is 3.27. The molecule has 0 atom stereocenters. The lowest BCUT2D eigenvalue weighted by molar-refractivity contribution is 0.803. The number of rotatable bonds is 7. The summed E-state index contributed by atoms with van der Waals surface area (Å²) in [6.07, 6.45) is 4.53. The second-order valence-corrected chi connectivity index (χ2v) is 6.74. The number of anilines is 4. The van der Waals surface area contributed by atoms with Crippen LogP contribution in [-0.2, 0) is 0 Å². The molecule has 3 aromatic heterocycles. The van der Waals surface area contributed by atoms with Crippen LogP contribution in [0.2, 0.25) is 0 Å². The molecule has 0 bridgehead atoms. The van der Waals surface area contributed by atoms with Crippen molar-refractivity contribution < 1.29 is 0 Å². The Balaban J connectivity index is 1.72. The number of azo groups is 1. The van der Waals surface area contributed by atoms with Gasteiger partial charge in [-0.25, -0.2) is 9.97 Å². The van der Waals surface area contributed by atoms with Crippen LogP contribution in [0.15, 0.2) is 59.2 Å². The van der Waals surface area contributed by atoms with Crippen molar-refractivity contribution >= 4 is 34.8 Å². The van der Waals surface area contributed by atoms with E-state index < -0.39 is 0 Å². The summed E-state index contributed by atoms with van der Waals surface area (Å²) in [5.74, 6) is 1.72. The summed E-state index contributed by atoms with van der Waals surface area (Å²) >= 11 is 0. The highest BCUT2D eigenvalue weighted by Crippen LogP contribution is 2.34. The van der Waals surface area contributed by atoms with Crippen LogP contribution in [-0.4, -0.2) is 43.8 Å². The number of nitrogens with one attached hydrogen (secondary N) is 3. The third-order valence-electron chi connectivity index (χ3n) is 4.52. The molecule has 4 aromatic rings. The van der Waals surface area contributed by atoms with Crippen molar-refractivity contribution in [2.75, 3.05) is 30.0 Å². The van der Waals surface area contributed by atoms with Crippen LogP contribution >= 0.6 is 0 Å². The molecule has 0 amide bonds. The Hall–Kier alpha value is -4.92. The van der Waals surface area contributed by atoms with E-state index in [1.54, 1.807) is 32.6 Å². The van der Waals surface area contributed by atoms with E-state index in [0.29, 0.717) is 23.3 Å². The SMILES string of the molecule is CNc1nc(Nc2ccc(C)cc2)nc(NC)c1/N=N/c1c(C#N)cnn1-c1ncccn1. The molecule has 0 aliphatic heterocycles. The Kier molecular flexibility index (Phi) is 6.12. The van der Waals surface area contributed by atoms with E-state index in [1.165, 1.54) is 10.9 Å². The number of aryl methyl sites for hydroxylation is 1. The number of nitriles is 1. The van der Waals surface area contributed by atoms with Crippen molar-refractivity contribution in [2.45, 2.75) is 6.92 Å². The van der Waals surface area contributed by atoms with Crippen molar-refractivity contribution in [1.29, 1.82) is 5.26 Å². The summed E-state index contributed by atoms with van der Waals surface area (Å²) in [4.78, 5) is 17.3. The van der Waals surface area contributed by atoms with E-state index in [-0.39, 0.29) is 17.3 Å². The molecule has 33 heavy (non-hydrogen) atoms. The van der Waals surface area contributed by atoms with Gasteiger partial charge >= 0.3 is 0 Å². The standard InChI is InChI=1S/C21H20N12/c1-13-5-7-15(8-6-13)28-20-29-17(23-2)16(18(24-3)30-20)31-32-19-14(11-22)12-27-33(19)21-25-9-4-10-26-21/h4-10,12H,1-3H3,(H3,23,24,28,29,30)/b32-31+. The van der Waals surface area contributed by atoms with E-state index >= 15 is 0 Å². The molecule has 12 nitrogen and oxygen atoms in total. The summed E-state index contributed by atoms with van der Waals surface area (Å²) in [5.41, 5.74) is 2.59. The topological polar surface area (TPSA) is 154 Å². The third kappa shape index (κ3) is 4.57. The smallest absolute Gasteiger partial charge is 0.252 e. The summed E-state index contributed by atoms with van der Waals surface area (Å²) in [6, 6.07) is 11.6. The quantitative estimate of drug-likeness (QED) is 0.363. The van der Waals surface area contributed by atoms with E-state index in [4.69, 9.17) is 0 Å². The summed E-state index contributed by atoms with van der Waals surface area (Å²) in [5, 5.41) is 31.4. The molecule has 0 unspecified atom stereocenters. The highest BCUT2D eigenvalue weighted by Gasteiger charge is 2.17. The lowest BCUT2D eigenvalue weighted by atomic mass is 10.2. The van der Waals surface area contributed by atoms with Gasteiger partial charge < -0.3 is 16.0 Å². The second-order valence-electron chi connectivity index (χ2n) is 6.74. The van der Waals surface area contributed by atoms with Crippen LogP contribution in [0.25, 0.3) is 5.95 Å². The van der Waals surface area contributed by atoms with Crippen LogP contribution in [0.3, 0.4) is 0 Å². The lowest BCUT2D eigenvalue weighted by Crippen LogP contribution is -2.05. The Morgan fingerprint density at radius 2 is 1.64 bits per heavy atom. The Labute approximate surface area is 189 Å². The first-order valence-electron chi connectivity index (χ1n) is 9.91. The fourth-order valence-electron chi connectivity index (χ4n) is 2.88. The van der Waals surface area contributed by atoms with Crippen LogP contribution < -0.4 is 16.0 Å². The minimum Gasteiger partial charge on any atom is -0.371 e. The van der Waals surface area contributed by atoms with Crippen molar-refractivity contribution in [1.82, 2.24) is 29.7 Å². The number of nitrogens with zero attached hydrogens (tertiary/aromatic N) is 9. The number of benzene rings is 1. The highest BCUT2D eigenvalue weighted by atomic mass is 15.4. The zero-order valence-electron chi connectivity index (χ0n) is 18.1. The van der Waals surface area contributed by atoms with E-state index in [9.17, 15) is 5.26 Å². The fraction of sp³-hybridized carbons (Fsp3) is 0.143. The first-order chi connectivity index (χ1) is 16.1. The Morgan fingerprint density at radius 1 is 0.970 bits per heavy atom. The number of aromatic nitrogens is 6. The Morgan fingerprint density at radius 3 is 2.24 bits per heavy atom. The maximum Gasteiger partial charge on any atom is 0.252 e. The van der Waals surface area contributed by atoms with Crippen molar-refractivity contribution in [2.24, 2.45) is 10.2 Å². The number of hydrogen-bond donors (Lipinski definition) is 3. The maximum absolute atomic E-state index is 9.47. The number of hydrogen-bond acceptors (Lipinski definition) is 11. The minimum atomic E-state index is 0.190. The zero-order chi connectivity index (χ0) is 23.2. The first-order valence-corrected chi connectivity index (χ1v) is 9.91. The third-order valence-corrected chi connectivity index (χ3v) is 4.52. The van der Waals surface area contributed by atoms with Gasteiger partial charge in [0.25, 0.3) is 5.95 Å². The summed E-state index contributed by atoms with van der Waals surface area (Å²) in [7, 11) is 3.44. The van der Waals surface area contributed by atoms with Crippen LogP contribution in [0.4, 0.5) is 34.8 Å². The van der Waals surface area contributed by atoms with Gasteiger partial charge in [0.15, 0.2) is 23.1 Å². The van der Waals surface area contributed by atoms with Crippen molar-refractivity contribution in [3.05, 3.63) is 60.0 Å². The van der Waals surface area contributed by atoms with Crippen molar-refractivity contribution in [3.63, 3.8) is 0 Å². The van der Waals surface area contributed by atoms with Gasteiger partial charge in [0.1, 0.15) is 11.6 Å². The summed E-state index contributed by atoms with van der Waals surface area (Å²) in [6.45, 7) is 2.02. The van der Waals surface area contributed by atoms with Crippen LogP contribution in [0.5, 0.6) is 0 Å². The Bertz CT molecular complexity index is 1290. The fourth-order valence-corrected chi connectivity index (χ4v) is 2.88. The normalized spacial score (nSPS) is 10.7. The molecule has 4 rings (SSSR count).